The number of rotatable bonds is 5. The van der Waals surface area contributed by atoms with Crippen molar-refractivity contribution in [2.75, 3.05) is 13.6 Å². The van der Waals surface area contributed by atoms with E-state index in [1.807, 2.05) is 0 Å². The molecule has 21 heavy (non-hydrogen) atoms. The van der Waals surface area contributed by atoms with Crippen molar-refractivity contribution >= 4 is 0 Å². The molecule has 3 heteroatoms. The minimum absolute atomic E-state index is 0.493. The number of nitrogens with one attached hydrogen (secondary N) is 1. The van der Waals surface area contributed by atoms with Gasteiger partial charge in [0.15, 0.2) is 0 Å². The van der Waals surface area contributed by atoms with Crippen LogP contribution >= 0.6 is 0 Å². The van der Waals surface area contributed by atoms with E-state index < -0.39 is 0 Å². The van der Waals surface area contributed by atoms with Crippen LogP contribution < -0.4 is 5.32 Å². The molecule has 0 amide bonds. The Morgan fingerprint density at radius 1 is 1.29 bits per heavy atom. The SMILES string of the molecule is CNCC1(Cc2ccn(C3CCCC3)n2)CC2CCC1C2. The Bertz CT molecular complexity index is 488. The molecule has 3 unspecified atom stereocenters. The third-order valence-corrected chi connectivity index (χ3v) is 6.53. The second kappa shape index (κ2) is 5.42. The van der Waals surface area contributed by atoms with Crippen molar-refractivity contribution in [2.24, 2.45) is 17.3 Å². The van der Waals surface area contributed by atoms with Gasteiger partial charge in [-0.3, -0.25) is 4.68 Å². The molecule has 3 fully saturated rings. The van der Waals surface area contributed by atoms with Crippen LogP contribution in [-0.2, 0) is 6.42 Å². The van der Waals surface area contributed by atoms with Crippen LogP contribution in [0.15, 0.2) is 12.3 Å². The Hall–Kier alpha value is -0.830. The number of aromatic nitrogens is 2. The van der Waals surface area contributed by atoms with Crippen LogP contribution in [-0.4, -0.2) is 23.4 Å². The van der Waals surface area contributed by atoms with Crippen molar-refractivity contribution in [1.29, 1.82) is 0 Å². The molecular weight excluding hydrogens is 258 g/mol. The van der Waals surface area contributed by atoms with E-state index in [1.54, 1.807) is 0 Å². The van der Waals surface area contributed by atoms with Gasteiger partial charge in [0.1, 0.15) is 0 Å². The Morgan fingerprint density at radius 3 is 2.81 bits per heavy atom. The highest BCUT2D eigenvalue weighted by atomic mass is 15.3. The molecule has 3 aliphatic rings. The molecule has 3 nitrogen and oxygen atoms in total. The van der Waals surface area contributed by atoms with Crippen molar-refractivity contribution in [1.82, 2.24) is 15.1 Å². The molecule has 116 valence electrons. The number of hydrogen-bond acceptors (Lipinski definition) is 2. The zero-order valence-corrected chi connectivity index (χ0v) is 13.4. The summed E-state index contributed by atoms with van der Waals surface area (Å²) >= 11 is 0. The lowest BCUT2D eigenvalue weighted by Crippen LogP contribution is -2.39. The lowest BCUT2D eigenvalue weighted by Gasteiger charge is -2.37. The average molecular weight is 287 g/mol. The molecule has 0 aromatic carbocycles. The number of hydrogen-bond donors (Lipinski definition) is 1. The van der Waals surface area contributed by atoms with Crippen molar-refractivity contribution in [2.45, 2.75) is 63.8 Å². The van der Waals surface area contributed by atoms with Gasteiger partial charge in [-0.1, -0.05) is 19.3 Å². The summed E-state index contributed by atoms with van der Waals surface area (Å²) in [5, 5.41) is 8.44. The maximum absolute atomic E-state index is 4.96. The summed E-state index contributed by atoms with van der Waals surface area (Å²) in [6.07, 6.45) is 14.7. The summed E-state index contributed by atoms with van der Waals surface area (Å²) in [6, 6.07) is 2.97. The first-order valence-corrected chi connectivity index (χ1v) is 8.98. The molecule has 1 N–H and O–H groups in total. The Kier molecular flexibility index (Phi) is 3.56. The minimum atomic E-state index is 0.493. The highest BCUT2D eigenvalue weighted by Gasteiger charge is 2.50. The van der Waals surface area contributed by atoms with Gasteiger partial charge in [-0.2, -0.15) is 5.10 Å². The zero-order valence-electron chi connectivity index (χ0n) is 13.4. The lowest BCUT2D eigenvalue weighted by molar-refractivity contribution is 0.158. The molecular formula is C18H29N3. The monoisotopic (exact) mass is 287 g/mol. The molecule has 0 radical (unpaired) electrons. The Labute approximate surface area is 128 Å². The topological polar surface area (TPSA) is 29.9 Å². The fourth-order valence-electron chi connectivity index (χ4n) is 5.61. The Balaban J connectivity index is 1.51. The van der Waals surface area contributed by atoms with Gasteiger partial charge >= 0.3 is 0 Å². The van der Waals surface area contributed by atoms with E-state index in [1.165, 1.54) is 70.0 Å². The maximum atomic E-state index is 4.96. The summed E-state index contributed by atoms with van der Waals surface area (Å²) < 4.78 is 2.27. The highest BCUT2D eigenvalue weighted by Crippen LogP contribution is 2.56. The van der Waals surface area contributed by atoms with Crippen molar-refractivity contribution < 1.29 is 0 Å². The van der Waals surface area contributed by atoms with Gasteiger partial charge in [0.2, 0.25) is 0 Å². The normalized spacial score (nSPS) is 35.9. The van der Waals surface area contributed by atoms with Crippen LogP contribution in [0.3, 0.4) is 0 Å². The third-order valence-electron chi connectivity index (χ3n) is 6.53. The lowest BCUT2D eigenvalue weighted by atomic mass is 9.70. The van der Waals surface area contributed by atoms with Gasteiger partial charge in [-0.05, 0) is 68.9 Å². The molecule has 2 bridgehead atoms. The summed E-state index contributed by atoms with van der Waals surface area (Å²) in [5.41, 5.74) is 1.83. The summed E-state index contributed by atoms with van der Waals surface area (Å²) in [7, 11) is 2.12. The van der Waals surface area contributed by atoms with E-state index in [0.717, 1.165) is 11.8 Å². The Morgan fingerprint density at radius 2 is 2.14 bits per heavy atom. The van der Waals surface area contributed by atoms with Gasteiger partial charge in [0.05, 0.1) is 11.7 Å². The first-order chi connectivity index (χ1) is 10.3. The van der Waals surface area contributed by atoms with Crippen molar-refractivity contribution in [3.8, 4) is 0 Å². The zero-order chi connectivity index (χ0) is 14.3. The number of nitrogens with zero attached hydrogens (tertiary/aromatic N) is 2. The van der Waals surface area contributed by atoms with Crippen LogP contribution in [0.1, 0.15) is 63.1 Å². The molecule has 4 rings (SSSR count). The largest absolute Gasteiger partial charge is 0.319 e. The molecule has 3 saturated carbocycles. The average Bonchev–Trinajstić information content (AvgIpc) is 3.23. The number of fused-ring (bicyclic) bond motifs is 2. The van der Waals surface area contributed by atoms with E-state index in [0.29, 0.717) is 11.5 Å². The predicted octanol–water partition coefficient (Wildman–Crippen LogP) is 3.57. The van der Waals surface area contributed by atoms with Gasteiger partial charge in [-0.25, -0.2) is 0 Å². The molecule has 0 spiro atoms. The molecule has 1 aromatic heterocycles. The molecule has 3 aliphatic carbocycles. The van der Waals surface area contributed by atoms with Crippen LogP contribution in [0, 0.1) is 17.3 Å². The van der Waals surface area contributed by atoms with Crippen LogP contribution in [0.4, 0.5) is 0 Å². The maximum Gasteiger partial charge on any atom is 0.0630 e. The first kappa shape index (κ1) is 13.8. The summed E-state index contributed by atoms with van der Waals surface area (Å²) in [4.78, 5) is 0. The van der Waals surface area contributed by atoms with Gasteiger partial charge in [0, 0.05) is 12.7 Å². The predicted molar refractivity (Wildman–Crippen MR) is 85.2 cm³/mol. The highest BCUT2D eigenvalue weighted by molar-refractivity contribution is 5.10. The van der Waals surface area contributed by atoms with Crippen molar-refractivity contribution in [3.05, 3.63) is 18.0 Å². The van der Waals surface area contributed by atoms with Gasteiger partial charge in [-0.15, -0.1) is 0 Å². The second-order valence-electron chi connectivity index (χ2n) is 7.87. The van der Waals surface area contributed by atoms with E-state index in [-0.39, 0.29) is 0 Å². The third kappa shape index (κ3) is 2.44. The molecule has 0 saturated heterocycles. The van der Waals surface area contributed by atoms with Crippen molar-refractivity contribution in [3.63, 3.8) is 0 Å². The second-order valence-corrected chi connectivity index (χ2v) is 7.87. The van der Waals surface area contributed by atoms with E-state index in [2.05, 4.69) is 29.3 Å². The van der Waals surface area contributed by atoms with Crippen LogP contribution in [0.2, 0.25) is 0 Å². The fraction of sp³-hybridized carbons (Fsp3) is 0.833. The summed E-state index contributed by atoms with van der Waals surface area (Å²) in [6.45, 7) is 1.17. The van der Waals surface area contributed by atoms with E-state index in [4.69, 9.17) is 5.10 Å². The fourth-order valence-corrected chi connectivity index (χ4v) is 5.61. The molecule has 3 atom stereocenters. The van der Waals surface area contributed by atoms with Crippen LogP contribution in [0.25, 0.3) is 0 Å². The summed E-state index contributed by atoms with van der Waals surface area (Å²) in [5.74, 6) is 1.94. The molecule has 1 heterocycles. The standard InChI is InChI=1S/C18H29N3/c1-19-13-18(11-14-6-7-15(18)10-14)12-16-8-9-21(20-16)17-4-2-3-5-17/h8-9,14-15,17,19H,2-7,10-13H2,1H3. The first-order valence-electron chi connectivity index (χ1n) is 8.98. The molecule has 1 aromatic rings. The van der Waals surface area contributed by atoms with E-state index in [9.17, 15) is 0 Å². The van der Waals surface area contributed by atoms with Gasteiger partial charge in [0.25, 0.3) is 0 Å². The van der Waals surface area contributed by atoms with E-state index >= 15 is 0 Å². The smallest absolute Gasteiger partial charge is 0.0630 e. The minimum Gasteiger partial charge on any atom is -0.319 e. The quantitative estimate of drug-likeness (QED) is 0.897. The van der Waals surface area contributed by atoms with Gasteiger partial charge < -0.3 is 5.32 Å². The molecule has 0 aliphatic heterocycles. The van der Waals surface area contributed by atoms with Crippen LogP contribution in [0.5, 0.6) is 0 Å².